The maximum atomic E-state index is 12.8. The van der Waals surface area contributed by atoms with Gasteiger partial charge in [0.1, 0.15) is 0 Å². The Balaban J connectivity index is 1.38. The number of carbonyl (C=O) groups is 1. The first-order chi connectivity index (χ1) is 12.2. The van der Waals surface area contributed by atoms with Gasteiger partial charge in [0.15, 0.2) is 0 Å². The Morgan fingerprint density at radius 1 is 1.28 bits per heavy atom. The summed E-state index contributed by atoms with van der Waals surface area (Å²) in [5.74, 6) is 0.311. The van der Waals surface area contributed by atoms with Gasteiger partial charge in [0.25, 0.3) is 0 Å². The number of aryl methyl sites for hydroxylation is 1. The van der Waals surface area contributed by atoms with E-state index in [-0.39, 0.29) is 11.8 Å². The van der Waals surface area contributed by atoms with Gasteiger partial charge in [0, 0.05) is 24.8 Å². The molecule has 0 saturated carbocycles. The van der Waals surface area contributed by atoms with Gasteiger partial charge in [-0.25, -0.2) is 0 Å². The highest BCUT2D eigenvalue weighted by atomic mass is 16.2. The molecule has 0 bridgehead atoms. The van der Waals surface area contributed by atoms with E-state index in [1.807, 2.05) is 23.9 Å². The Bertz CT molecular complexity index is 726. The van der Waals surface area contributed by atoms with Crippen LogP contribution in [0.5, 0.6) is 0 Å². The third-order valence-electron chi connectivity index (χ3n) is 5.62. The predicted molar refractivity (Wildman–Crippen MR) is 97.0 cm³/mol. The number of nitrogens with zero attached hydrogens (tertiary/aromatic N) is 3. The summed E-state index contributed by atoms with van der Waals surface area (Å²) in [6, 6.07) is 13.4. The van der Waals surface area contributed by atoms with Crippen LogP contribution < -0.4 is 5.32 Å². The zero-order valence-electron chi connectivity index (χ0n) is 14.8. The molecule has 2 saturated heterocycles. The maximum Gasteiger partial charge on any atom is 0.224 e. The van der Waals surface area contributed by atoms with Crippen molar-refractivity contribution in [2.45, 2.75) is 44.8 Å². The van der Waals surface area contributed by atoms with E-state index in [1.54, 1.807) is 0 Å². The topological polar surface area (TPSA) is 50.2 Å². The number of benzene rings is 1. The number of hydrogen-bond acceptors (Lipinski definition) is 3. The fourth-order valence-electron chi connectivity index (χ4n) is 4.46. The number of rotatable bonds is 5. The first-order valence-electron chi connectivity index (χ1n) is 9.31. The molecular weight excluding hydrogens is 312 g/mol. The van der Waals surface area contributed by atoms with E-state index in [0.29, 0.717) is 18.6 Å². The van der Waals surface area contributed by atoms with Crippen LogP contribution >= 0.6 is 0 Å². The van der Waals surface area contributed by atoms with Gasteiger partial charge < -0.3 is 5.32 Å². The van der Waals surface area contributed by atoms with Gasteiger partial charge in [0.2, 0.25) is 5.91 Å². The molecule has 0 aliphatic carbocycles. The van der Waals surface area contributed by atoms with Crippen molar-refractivity contribution in [2.75, 3.05) is 13.1 Å². The average molecular weight is 338 g/mol. The van der Waals surface area contributed by atoms with Crippen molar-refractivity contribution >= 4 is 5.91 Å². The van der Waals surface area contributed by atoms with Crippen LogP contribution in [0.4, 0.5) is 0 Å². The number of nitrogens with one attached hydrogen (secondary N) is 1. The van der Waals surface area contributed by atoms with Crippen molar-refractivity contribution in [3.8, 4) is 0 Å². The second kappa shape index (κ2) is 7.00. The van der Waals surface area contributed by atoms with Crippen LogP contribution in [0.25, 0.3) is 0 Å². The molecule has 2 fully saturated rings. The van der Waals surface area contributed by atoms with Crippen LogP contribution in [0, 0.1) is 12.8 Å². The van der Waals surface area contributed by atoms with E-state index >= 15 is 0 Å². The second-order valence-corrected chi connectivity index (χ2v) is 7.23. The molecule has 3 heterocycles. The largest absolute Gasteiger partial charge is 0.354 e. The van der Waals surface area contributed by atoms with Gasteiger partial charge in [-0.15, -0.1) is 0 Å². The highest BCUT2D eigenvalue weighted by molar-refractivity contribution is 5.80. The number of aromatic nitrogens is 2. The number of fused-ring (bicyclic) bond motifs is 1. The van der Waals surface area contributed by atoms with Gasteiger partial charge in [-0.3, -0.25) is 14.4 Å². The molecule has 25 heavy (non-hydrogen) atoms. The molecule has 2 aliphatic heterocycles. The summed E-state index contributed by atoms with van der Waals surface area (Å²) in [7, 11) is 0. The summed E-state index contributed by atoms with van der Waals surface area (Å²) in [6.07, 6.45) is 5.23. The van der Waals surface area contributed by atoms with E-state index in [9.17, 15) is 4.79 Å². The Morgan fingerprint density at radius 2 is 2.12 bits per heavy atom. The van der Waals surface area contributed by atoms with Crippen LogP contribution in [0.2, 0.25) is 0 Å². The lowest BCUT2D eigenvalue weighted by molar-refractivity contribution is -0.125. The van der Waals surface area contributed by atoms with E-state index in [0.717, 1.165) is 31.6 Å². The Morgan fingerprint density at radius 3 is 2.88 bits per heavy atom. The minimum atomic E-state index is 0.104. The molecule has 2 aromatic rings. The highest BCUT2D eigenvalue weighted by Crippen LogP contribution is 2.44. The lowest BCUT2D eigenvalue weighted by Crippen LogP contribution is -2.38. The number of amides is 1. The standard InChI is InChI=1S/C20H26N4O/c1-15-9-12-23(22-15)13-10-21-20(25)17-14-19(16-6-3-2-4-7-16)24-11-5-8-18(17)24/h2-4,6-7,9,12,17-19H,5,8,10-11,13-14H2,1H3,(H,21,25)/t17-,18+,19-/m0/s1. The maximum absolute atomic E-state index is 12.8. The molecule has 0 radical (unpaired) electrons. The Kier molecular flexibility index (Phi) is 4.57. The minimum absolute atomic E-state index is 0.104. The monoisotopic (exact) mass is 338 g/mol. The molecular formula is C20H26N4O. The Hall–Kier alpha value is -2.14. The van der Waals surface area contributed by atoms with Gasteiger partial charge in [0.05, 0.1) is 18.2 Å². The van der Waals surface area contributed by atoms with Crippen LogP contribution in [0.3, 0.4) is 0 Å². The van der Waals surface area contributed by atoms with Crippen LogP contribution in [-0.2, 0) is 11.3 Å². The van der Waals surface area contributed by atoms with Crippen LogP contribution in [-0.4, -0.2) is 39.7 Å². The van der Waals surface area contributed by atoms with Crippen molar-refractivity contribution < 1.29 is 4.79 Å². The van der Waals surface area contributed by atoms with Crippen molar-refractivity contribution in [1.29, 1.82) is 0 Å². The predicted octanol–water partition coefficient (Wildman–Crippen LogP) is 2.53. The average Bonchev–Trinajstić information content (AvgIpc) is 3.32. The summed E-state index contributed by atoms with van der Waals surface area (Å²) in [5.41, 5.74) is 2.35. The molecule has 5 nitrogen and oxygen atoms in total. The molecule has 132 valence electrons. The molecule has 0 spiro atoms. The first kappa shape index (κ1) is 16.3. The SMILES string of the molecule is Cc1ccn(CCNC(=O)[C@H]2C[C@@H](c3ccccc3)N3CCC[C@H]23)n1. The lowest BCUT2D eigenvalue weighted by Gasteiger charge is -2.24. The molecule has 2 aliphatic rings. The van der Waals surface area contributed by atoms with Gasteiger partial charge in [-0.05, 0) is 44.4 Å². The first-order valence-corrected chi connectivity index (χ1v) is 9.31. The normalized spacial score (nSPS) is 25.9. The second-order valence-electron chi connectivity index (χ2n) is 7.23. The molecule has 5 heteroatoms. The molecule has 1 amide bonds. The molecule has 1 N–H and O–H groups in total. The van der Waals surface area contributed by atoms with Gasteiger partial charge in [-0.1, -0.05) is 30.3 Å². The molecule has 1 aromatic carbocycles. The molecule has 1 aromatic heterocycles. The van der Waals surface area contributed by atoms with Crippen molar-refractivity contribution in [2.24, 2.45) is 5.92 Å². The molecule has 3 atom stereocenters. The number of hydrogen-bond donors (Lipinski definition) is 1. The third-order valence-corrected chi connectivity index (χ3v) is 5.62. The highest BCUT2D eigenvalue weighted by Gasteiger charge is 2.46. The fraction of sp³-hybridized carbons (Fsp3) is 0.500. The van der Waals surface area contributed by atoms with Crippen LogP contribution in [0.1, 0.15) is 36.6 Å². The van der Waals surface area contributed by atoms with Gasteiger partial charge >= 0.3 is 0 Å². The lowest BCUT2D eigenvalue weighted by atomic mass is 9.93. The quantitative estimate of drug-likeness (QED) is 0.911. The van der Waals surface area contributed by atoms with E-state index in [2.05, 4.69) is 45.6 Å². The zero-order valence-corrected chi connectivity index (χ0v) is 14.8. The third kappa shape index (κ3) is 3.33. The smallest absolute Gasteiger partial charge is 0.224 e. The summed E-state index contributed by atoms with van der Waals surface area (Å²) in [4.78, 5) is 15.3. The summed E-state index contributed by atoms with van der Waals surface area (Å²) in [6.45, 7) is 4.45. The molecule has 4 rings (SSSR count). The molecule has 0 unspecified atom stereocenters. The number of carbonyl (C=O) groups excluding carboxylic acids is 1. The summed E-state index contributed by atoms with van der Waals surface area (Å²) >= 11 is 0. The van der Waals surface area contributed by atoms with Crippen molar-refractivity contribution in [3.05, 3.63) is 53.9 Å². The van der Waals surface area contributed by atoms with E-state index in [4.69, 9.17) is 0 Å². The zero-order chi connectivity index (χ0) is 17.2. The summed E-state index contributed by atoms with van der Waals surface area (Å²) < 4.78 is 1.89. The summed E-state index contributed by atoms with van der Waals surface area (Å²) in [5, 5.41) is 7.51. The van der Waals surface area contributed by atoms with Crippen molar-refractivity contribution in [3.63, 3.8) is 0 Å². The van der Waals surface area contributed by atoms with Crippen molar-refractivity contribution in [1.82, 2.24) is 20.0 Å². The van der Waals surface area contributed by atoms with Gasteiger partial charge in [-0.2, -0.15) is 5.10 Å². The fourth-order valence-corrected chi connectivity index (χ4v) is 4.46. The van der Waals surface area contributed by atoms with Crippen LogP contribution in [0.15, 0.2) is 42.6 Å². The Labute approximate surface area is 149 Å². The minimum Gasteiger partial charge on any atom is -0.354 e. The van der Waals surface area contributed by atoms with E-state index in [1.165, 1.54) is 12.0 Å². The van der Waals surface area contributed by atoms with E-state index < -0.39 is 0 Å².